The molecule has 2 aromatic heterocycles. The Kier molecular flexibility index (Phi) is 3.13. The van der Waals surface area contributed by atoms with E-state index in [1.54, 1.807) is 13.1 Å². The number of hydrogen-bond acceptors (Lipinski definition) is 4. The number of aliphatic hydroxyl groups is 1. The summed E-state index contributed by atoms with van der Waals surface area (Å²) in [5.74, 6) is 0. The number of fused-ring (bicyclic) bond motifs is 1. The van der Waals surface area contributed by atoms with Crippen LogP contribution in [-0.4, -0.2) is 20.3 Å². The minimum atomic E-state index is -0.589. The van der Waals surface area contributed by atoms with Crippen LogP contribution >= 0.6 is 9.24 Å². The molecule has 5 heteroatoms. The summed E-state index contributed by atoms with van der Waals surface area (Å²) in [6.45, 7) is 3.77. The second-order valence-electron chi connectivity index (χ2n) is 3.87. The highest BCUT2D eigenvalue weighted by Crippen LogP contribution is 2.29. The van der Waals surface area contributed by atoms with Crippen molar-refractivity contribution in [2.24, 2.45) is 0 Å². The molecule has 0 fully saturated rings. The Bertz CT molecular complexity index is 514. The van der Waals surface area contributed by atoms with Crippen molar-refractivity contribution in [2.75, 3.05) is 0 Å². The molecule has 1 N–H and O–H groups in total. The molecule has 0 bridgehead atoms. The smallest absolute Gasteiger partial charge is 0.182 e. The molecule has 0 amide bonds. The lowest BCUT2D eigenvalue weighted by Crippen LogP contribution is -2.01. The average Bonchev–Trinajstić information content (AvgIpc) is 2.27. The fraction of sp³-hybridized carbons (Fsp3) is 0.364. The van der Waals surface area contributed by atoms with Gasteiger partial charge in [-0.3, -0.25) is 0 Å². The molecule has 0 aromatic carbocycles. The summed E-state index contributed by atoms with van der Waals surface area (Å²) in [7, 11) is 2.74. The van der Waals surface area contributed by atoms with Gasteiger partial charge >= 0.3 is 0 Å². The van der Waals surface area contributed by atoms with Crippen molar-refractivity contribution >= 4 is 20.3 Å². The summed E-state index contributed by atoms with van der Waals surface area (Å²) in [5.41, 5.74) is 2.62. The van der Waals surface area contributed by atoms with Gasteiger partial charge in [-0.05, 0) is 30.3 Å². The number of aliphatic hydroxyl groups excluding tert-OH is 1. The molecule has 0 saturated carbocycles. The van der Waals surface area contributed by atoms with Gasteiger partial charge in [0.05, 0.1) is 18.0 Å². The third-order valence-corrected chi connectivity index (χ3v) is 2.83. The molecule has 16 heavy (non-hydrogen) atoms. The molecule has 3 atom stereocenters. The molecule has 0 saturated heterocycles. The first-order chi connectivity index (χ1) is 7.59. The first-order valence-electron chi connectivity index (χ1n) is 5.15. The van der Waals surface area contributed by atoms with Crippen LogP contribution in [0.25, 0.3) is 11.0 Å². The van der Waals surface area contributed by atoms with Crippen LogP contribution in [0.3, 0.4) is 0 Å². The summed E-state index contributed by atoms with van der Waals surface area (Å²) >= 11 is 0. The first-order valence-corrected chi connectivity index (χ1v) is 5.82. The zero-order valence-electron chi connectivity index (χ0n) is 9.25. The molecule has 4 nitrogen and oxygen atoms in total. The fourth-order valence-electron chi connectivity index (χ4n) is 1.61. The highest BCUT2D eigenvalue weighted by molar-refractivity contribution is 7.17. The number of hydrogen-bond donors (Lipinski definition) is 1. The first kappa shape index (κ1) is 11.4. The number of rotatable bonds is 2. The van der Waals surface area contributed by atoms with E-state index < -0.39 is 6.10 Å². The number of aromatic nitrogens is 3. The van der Waals surface area contributed by atoms with Gasteiger partial charge in [0.2, 0.25) is 0 Å². The minimum absolute atomic E-state index is 0.284. The van der Waals surface area contributed by atoms with E-state index in [0.29, 0.717) is 11.3 Å². The molecule has 0 aliphatic rings. The van der Waals surface area contributed by atoms with Crippen LogP contribution in [0.1, 0.15) is 36.9 Å². The predicted molar refractivity (Wildman–Crippen MR) is 66.1 cm³/mol. The molecule has 0 spiro atoms. The van der Waals surface area contributed by atoms with Crippen LogP contribution in [0.5, 0.6) is 0 Å². The third-order valence-electron chi connectivity index (χ3n) is 2.47. The van der Waals surface area contributed by atoms with Crippen molar-refractivity contribution in [3.63, 3.8) is 0 Å². The maximum atomic E-state index is 9.57. The van der Waals surface area contributed by atoms with Crippen LogP contribution in [0, 0.1) is 0 Å². The molecule has 2 aromatic rings. The van der Waals surface area contributed by atoms with Crippen LogP contribution in [0.2, 0.25) is 0 Å². The van der Waals surface area contributed by atoms with Crippen LogP contribution < -0.4 is 0 Å². The third kappa shape index (κ3) is 2.04. The molecule has 84 valence electrons. The lowest BCUT2D eigenvalue weighted by atomic mass is 10.1. The maximum Gasteiger partial charge on any atom is 0.182 e. The van der Waals surface area contributed by atoms with E-state index in [4.69, 9.17) is 0 Å². The predicted octanol–water partition coefficient (Wildman–Crippen LogP) is 2.01. The van der Waals surface area contributed by atoms with E-state index in [2.05, 4.69) is 31.3 Å². The molecule has 2 heterocycles. The van der Waals surface area contributed by atoms with E-state index in [1.165, 1.54) is 0 Å². The highest BCUT2D eigenvalue weighted by Gasteiger charge is 2.12. The van der Waals surface area contributed by atoms with E-state index >= 15 is 0 Å². The summed E-state index contributed by atoms with van der Waals surface area (Å²) in [6.07, 6.45) is 1.07. The van der Waals surface area contributed by atoms with Crippen molar-refractivity contribution in [3.8, 4) is 0 Å². The minimum Gasteiger partial charge on any atom is -0.387 e. The maximum absolute atomic E-state index is 9.57. The fourth-order valence-corrected chi connectivity index (χ4v) is 1.89. The van der Waals surface area contributed by atoms with E-state index in [1.807, 2.05) is 12.1 Å². The Labute approximate surface area is 96.3 Å². The molecule has 2 rings (SSSR count). The van der Waals surface area contributed by atoms with Crippen LogP contribution in [0.4, 0.5) is 0 Å². The van der Waals surface area contributed by atoms with Crippen LogP contribution in [0.15, 0.2) is 18.3 Å². The van der Waals surface area contributed by atoms with Crippen molar-refractivity contribution in [1.29, 1.82) is 0 Å². The summed E-state index contributed by atoms with van der Waals surface area (Å²) in [4.78, 5) is 4.28. The van der Waals surface area contributed by atoms with Gasteiger partial charge in [0.15, 0.2) is 5.65 Å². The van der Waals surface area contributed by atoms with Gasteiger partial charge in [-0.15, -0.1) is 14.3 Å². The average molecular weight is 235 g/mol. The van der Waals surface area contributed by atoms with Crippen molar-refractivity contribution in [1.82, 2.24) is 15.2 Å². The zero-order chi connectivity index (χ0) is 11.7. The molecule has 0 radical (unpaired) electrons. The quantitative estimate of drug-likeness (QED) is 0.809. The van der Waals surface area contributed by atoms with Gasteiger partial charge in [0.25, 0.3) is 0 Å². The topological polar surface area (TPSA) is 58.9 Å². The SMILES string of the molecule is C[C@H](O)c1cc([C@H](C)P)c2ccnnc2n1. The molecular formula is C11H14N3OP. The van der Waals surface area contributed by atoms with Gasteiger partial charge in [-0.1, -0.05) is 6.92 Å². The molecule has 1 unspecified atom stereocenters. The second-order valence-corrected chi connectivity index (χ2v) is 4.87. The van der Waals surface area contributed by atoms with Crippen molar-refractivity contribution < 1.29 is 5.11 Å². The molecular weight excluding hydrogens is 221 g/mol. The largest absolute Gasteiger partial charge is 0.387 e. The lowest BCUT2D eigenvalue weighted by molar-refractivity contribution is 0.194. The highest BCUT2D eigenvalue weighted by atomic mass is 31.0. The Morgan fingerprint density at radius 2 is 2.12 bits per heavy atom. The monoisotopic (exact) mass is 235 g/mol. The van der Waals surface area contributed by atoms with Gasteiger partial charge in [0.1, 0.15) is 0 Å². The van der Waals surface area contributed by atoms with Crippen molar-refractivity contribution in [2.45, 2.75) is 25.6 Å². The van der Waals surface area contributed by atoms with Crippen molar-refractivity contribution in [3.05, 3.63) is 29.6 Å². The summed E-state index contributed by atoms with van der Waals surface area (Å²) in [6, 6.07) is 3.82. The van der Waals surface area contributed by atoms with Gasteiger partial charge < -0.3 is 5.11 Å². The Balaban J connectivity index is 2.74. The molecule has 0 aliphatic carbocycles. The van der Waals surface area contributed by atoms with Gasteiger partial charge in [0, 0.05) is 5.39 Å². The Morgan fingerprint density at radius 1 is 1.38 bits per heavy atom. The summed E-state index contributed by atoms with van der Waals surface area (Å²) < 4.78 is 0. The van der Waals surface area contributed by atoms with Gasteiger partial charge in [-0.25, -0.2) is 4.98 Å². The van der Waals surface area contributed by atoms with E-state index in [0.717, 1.165) is 10.9 Å². The molecule has 0 aliphatic heterocycles. The second kappa shape index (κ2) is 4.40. The zero-order valence-corrected chi connectivity index (χ0v) is 10.4. The standard InChI is InChI=1S/C11H14N3OP/c1-6(15)10-5-9(7(2)16)8-3-4-12-14-11(8)13-10/h3-7,15H,16H2,1-2H3/t6-,7-/m0/s1. The number of pyridine rings is 1. The van der Waals surface area contributed by atoms with E-state index in [9.17, 15) is 5.11 Å². The normalized spacial score (nSPS) is 15.0. The Morgan fingerprint density at radius 3 is 2.75 bits per heavy atom. The Hall–Kier alpha value is -1.12. The van der Waals surface area contributed by atoms with Crippen LogP contribution in [-0.2, 0) is 0 Å². The van der Waals surface area contributed by atoms with E-state index in [-0.39, 0.29) is 5.66 Å². The lowest BCUT2D eigenvalue weighted by Gasteiger charge is -2.12. The van der Waals surface area contributed by atoms with Gasteiger partial charge in [-0.2, -0.15) is 5.10 Å². The number of nitrogens with zero attached hydrogens (tertiary/aromatic N) is 3. The summed E-state index contributed by atoms with van der Waals surface area (Å²) in [5, 5.41) is 18.4.